The summed E-state index contributed by atoms with van der Waals surface area (Å²) in [6.45, 7) is 0.975. The van der Waals surface area contributed by atoms with E-state index in [2.05, 4.69) is 59.2 Å². The van der Waals surface area contributed by atoms with Crippen LogP contribution >= 0.6 is 11.3 Å². The molecule has 100 valence electrons. The van der Waals surface area contributed by atoms with Crippen molar-refractivity contribution in [3.8, 4) is 11.1 Å². The molecule has 1 aromatic heterocycles. The molecule has 1 aliphatic rings. The maximum Gasteiger partial charge on any atom is 0.0421 e. The van der Waals surface area contributed by atoms with E-state index in [-0.39, 0.29) is 0 Å². The van der Waals surface area contributed by atoms with Crippen molar-refractivity contribution in [2.75, 3.05) is 0 Å². The second-order valence-electron chi connectivity index (χ2n) is 5.46. The Kier molecular flexibility index (Phi) is 3.06. The molecule has 0 amide bonds. The van der Waals surface area contributed by atoms with Gasteiger partial charge < -0.3 is 5.32 Å². The lowest BCUT2D eigenvalue weighted by Crippen LogP contribution is -2.15. The highest BCUT2D eigenvalue weighted by Crippen LogP contribution is 2.34. The van der Waals surface area contributed by atoms with Gasteiger partial charge in [0.15, 0.2) is 0 Å². The first-order valence-electron chi connectivity index (χ1n) is 7.20. The highest BCUT2D eigenvalue weighted by atomic mass is 32.1. The third-order valence-electron chi connectivity index (χ3n) is 3.95. The van der Waals surface area contributed by atoms with Gasteiger partial charge in [0.25, 0.3) is 0 Å². The van der Waals surface area contributed by atoms with Crippen LogP contribution in [0.2, 0.25) is 0 Å². The zero-order chi connectivity index (χ0) is 13.4. The molecule has 1 N–H and O–H groups in total. The molecule has 0 radical (unpaired) electrons. The van der Waals surface area contributed by atoms with E-state index in [1.807, 2.05) is 11.3 Å². The number of benzene rings is 2. The Bertz CT molecular complexity index is 740. The van der Waals surface area contributed by atoms with Crippen molar-refractivity contribution < 1.29 is 0 Å². The Morgan fingerprint density at radius 2 is 1.80 bits per heavy atom. The van der Waals surface area contributed by atoms with Crippen molar-refractivity contribution in [3.05, 3.63) is 59.5 Å². The summed E-state index contributed by atoms with van der Waals surface area (Å²) in [7, 11) is 0. The molecule has 2 heteroatoms. The molecule has 1 aliphatic carbocycles. The molecule has 2 aromatic carbocycles. The lowest BCUT2D eigenvalue weighted by Gasteiger charge is -2.11. The Hall–Kier alpha value is -1.64. The number of rotatable bonds is 4. The first-order chi connectivity index (χ1) is 9.92. The summed E-state index contributed by atoms with van der Waals surface area (Å²) in [5.41, 5.74) is 4.14. The van der Waals surface area contributed by atoms with Crippen LogP contribution in [0.5, 0.6) is 0 Å². The van der Waals surface area contributed by atoms with Gasteiger partial charge in [0, 0.05) is 17.3 Å². The third kappa shape index (κ3) is 2.26. The van der Waals surface area contributed by atoms with Gasteiger partial charge in [-0.25, -0.2) is 0 Å². The fourth-order valence-electron chi connectivity index (χ4n) is 2.68. The summed E-state index contributed by atoms with van der Waals surface area (Å²) in [6, 6.07) is 18.3. The number of nitrogens with one attached hydrogen (secondary N) is 1. The summed E-state index contributed by atoms with van der Waals surface area (Å²) < 4.78 is 1.39. The predicted octanol–water partition coefficient (Wildman–Crippen LogP) is 4.82. The molecule has 0 atom stereocenters. The summed E-state index contributed by atoms with van der Waals surface area (Å²) in [6.07, 6.45) is 2.67. The van der Waals surface area contributed by atoms with Crippen molar-refractivity contribution in [3.63, 3.8) is 0 Å². The van der Waals surface area contributed by atoms with Crippen LogP contribution in [0, 0.1) is 0 Å². The van der Waals surface area contributed by atoms with E-state index >= 15 is 0 Å². The van der Waals surface area contributed by atoms with Crippen LogP contribution in [0.3, 0.4) is 0 Å². The van der Waals surface area contributed by atoms with E-state index in [1.165, 1.54) is 39.6 Å². The smallest absolute Gasteiger partial charge is 0.0421 e. The molecular formula is C18H17NS. The quantitative estimate of drug-likeness (QED) is 0.722. The summed E-state index contributed by atoms with van der Waals surface area (Å²) in [4.78, 5) is 0. The molecule has 0 aliphatic heterocycles. The van der Waals surface area contributed by atoms with Crippen LogP contribution in [0.25, 0.3) is 21.2 Å². The lowest BCUT2D eigenvalue weighted by molar-refractivity contribution is 0.689. The standard InChI is InChI=1S/C18H17NS/c1-2-6-16(14(4-1)12-19-15-8-9-15)17-7-3-5-13-10-11-20-18(13)17/h1-7,10-11,15,19H,8-9,12H2. The van der Waals surface area contributed by atoms with E-state index in [9.17, 15) is 0 Å². The molecule has 0 bridgehead atoms. The minimum atomic E-state index is 0.751. The molecule has 0 spiro atoms. The Morgan fingerprint density at radius 1 is 0.950 bits per heavy atom. The van der Waals surface area contributed by atoms with Gasteiger partial charge in [-0.1, -0.05) is 42.5 Å². The second kappa shape index (κ2) is 5.04. The zero-order valence-corrected chi connectivity index (χ0v) is 12.1. The van der Waals surface area contributed by atoms with Crippen molar-refractivity contribution >= 4 is 21.4 Å². The van der Waals surface area contributed by atoms with Crippen LogP contribution in [0.15, 0.2) is 53.9 Å². The predicted molar refractivity (Wildman–Crippen MR) is 87.1 cm³/mol. The summed E-state index contributed by atoms with van der Waals surface area (Å²) in [5, 5.41) is 7.15. The van der Waals surface area contributed by atoms with E-state index in [0.29, 0.717) is 0 Å². The Labute approximate surface area is 123 Å². The molecule has 1 nitrogen and oxygen atoms in total. The van der Waals surface area contributed by atoms with Crippen molar-refractivity contribution in [1.82, 2.24) is 5.32 Å². The maximum absolute atomic E-state index is 3.63. The topological polar surface area (TPSA) is 12.0 Å². The molecule has 1 fully saturated rings. The van der Waals surface area contributed by atoms with Crippen molar-refractivity contribution in [2.24, 2.45) is 0 Å². The second-order valence-corrected chi connectivity index (χ2v) is 6.37. The van der Waals surface area contributed by atoms with Gasteiger partial charge in [-0.2, -0.15) is 0 Å². The number of thiophene rings is 1. The van der Waals surface area contributed by atoms with Gasteiger partial charge in [0.1, 0.15) is 0 Å². The molecule has 1 heterocycles. The van der Waals surface area contributed by atoms with Crippen LogP contribution in [-0.4, -0.2) is 6.04 Å². The van der Waals surface area contributed by atoms with Crippen LogP contribution in [-0.2, 0) is 6.54 Å². The van der Waals surface area contributed by atoms with Gasteiger partial charge in [0.05, 0.1) is 0 Å². The molecule has 20 heavy (non-hydrogen) atoms. The molecule has 0 saturated heterocycles. The average Bonchev–Trinajstić information content (AvgIpc) is 3.20. The van der Waals surface area contributed by atoms with Gasteiger partial charge in [0.2, 0.25) is 0 Å². The molecule has 1 saturated carbocycles. The first-order valence-corrected chi connectivity index (χ1v) is 8.08. The zero-order valence-electron chi connectivity index (χ0n) is 11.3. The van der Waals surface area contributed by atoms with Crippen molar-refractivity contribution in [1.29, 1.82) is 0 Å². The van der Waals surface area contributed by atoms with Crippen LogP contribution in [0.4, 0.5) is 0 Å². The third-order valence-corrected chi connectivity index (χ3v) is 4.91. The van der Waals surface area contributed by atoms with Gasteiger partial charge in [-0.15, -0.1) is 11.3 Å². The maximum atomic E-state index is 3.63. The molecular weight excluding hydrogens is 262 g/mol. The van der Waals surface area contributed by atoms with E-state index in [1.54, 1.807) is 0 Å². The largest absolute Gasteiger partial charge is 0.310 e. The minimum Gasteiger partial charge on any atom is -0.310 e. The lowest BCUT2D eigenvalue weighted by atomic mass is 9.98. The number of hydrogen-bond acceptors (Lipinski definition) is 2. The number of fused-ring (bicyclic) bond motifs is 1. The Morgan fingerprint density at radius 3 is 2.70 bits per heavy atom. The first kappa shape index (κ1) is 12.1. The average molecular weight is 279 g/mol. The monoisotopic (exact) mass is 279 g/mol. The highest BCUT2D eigenvalue weighted by molar-refractivity contribution is 7.17. The van der Waals surface area contributed by atoms with E-state index in [0.717, 1.165) is 12.6 Å². The van der Waals surface area contributed by atoms with Gasteiger partial charge in [-0.05, 0) is 46.4 Å². The fraction of sp³-hybridized carbons (Fsp3) is 0.222. The van der Waals surface area contributed by atoms with Gasteiger partial charge in [-0.3, -0.25) is 0 Å². The highest BCUT2D eigenvalue weighted by Gasteiger charge is 2.20. The molecule has 0 unspecified atom stereocenters. The summed E-state index contributed by atoms with van der Waals surface area (Å²) >= 11 is 1.83. The Balaban J connectivity index is 1.78. The minimum absolute atomic E-state index is 0.751. The van der Waals surface area contributed by atoms with E-state index in [4.69, 9.17) is 0 Å². The van der Waals surface area contributed by atoms with Crippen molar-refractivity contribution in [2.45, 2.75) is 25.4 Å². The fourth-order valence-corrected chi connectivity index (χ4v) is 3.61. The summed E-state index contributed by atoms with van der Waals surface area (Å²) in [5.74, 6) is 0. The van der Waals surface area contributed by atoms with Gasteiger partial charge >= 0.3 is 0 Å². The van der Waals surface area contributed by atoms with Crippen LogP contribution < -0.4 is 5.32 Å². The molecule has 4 rings (SSSR count). The SMILES string of the molecule is c1ccc(-c2cccc3ccsc23)c(CNC2CC2)c1. The number of hydrogen-bond donors (Lipinski definition) is 1. The van der Waals surface area contributed by atoms with Crippen LogP contribution in [0.1, 0.15) is 18.4 Å². The van der Waals surface area contributed by atoms with E-state index < -0.39 is 0 Å². The normalized spacial score (nSPS) is 14.8. The molecule has 3 aromatic rings.